The first-order valence-corrected chi connectivity index (χ1v) is 6.44. The topological polar surface area (TPSA) is 47.3 Å². The number of hydrogen-bond donors (Lipinski definition) is 2. The van der Waals surface area contributed by atoms with Gasteiger partial charge in [0.25, 0.3) is 0 Å². The number of nitrogens with two attached hydrogens (primary N) is 1. The Labute approximate surface area is 111 Å². The monoisotopic (exact) mass is 250 g/mol. The molecular weight excluding hydrogens is 224 g/mol. The van der Waals surface area contributed by atoms with Crippen molar-refractivity contribution in [2.45, 2.75) is 34.2 Å². The molecule has 0 saturated heterocycles. The second-order valence-electron chi connectivity index (χ2n) is 5.73. The summed E-state index contributed by atoms with van der Waals surface area (Å²) in [7, 11) is 1.72. The maximum Gasteiger partial charge on any atom is 0.123 e. The van der Waals surface area contributed by atoms with E-state index in [1.165, 1.54) is 16.7 Å². The van der Waals surface area contributed by atoms with Crippen LogP contribution in [-0.4, -0.2) is 20.2 Å². The highest BCUT2D eigenvalue weighted by atomic mass is 16.5. The first-order valence-electron chi connectivity index (χ1n) is 6.44. The van der Waals surface area contributed by atoms with Crippen LogP contribution in [0, 0.1) is 19.3 Å². The molecule has 0 aliphatic heterocycles. The molecule has 102 valence electrons. The van der Waals surface area contributed by atoms with E-state index in [0.717, 1.165) is 18.8 Å². The van der Waals surface area contributed by atoms with Crippen molar-refractivity contribution in [2.75, 3.05) is 20.2 Å². The van der Waals surface area contributed by atoms with Crippen LogP contribution in [0.15, 0.2) is 12.1 Å². The molecule has 0 amide bonds. The van der Waals surface area contributed by atoms with Gasteiger partial charge in [-0.2, -0.15) is 0 Å². The lowest BCUT2D eigenvalue weighted by molar-refractivity contribution is 0.348. The van der Waals surface area contributed by atoms with Gasteiger partial charge in [0.05, 0.1) is 7.11 Å². The molecule has 1 aromatic carbocycles. The summed E-state index contributed by atoms with van der Waals surface area (Å²) in [6.45, 7) is 11.0. The van der Waals surface area contributed by atoms with E-state index in [2.05, 4.69) is 45.1 Å². The van der Waals surface area contributed by atoms with Crippen molar-refractivity contribution in [3.63, 3.8) is 0 Å². The maximum absolute atomic E-state index is 5.73. The molecule has 0 bridgehead atoms. The zero-order valence-corrected chi connectivity index (χ0v) is 12.3. The molecule has 0 aliphatic carbocycles. The molecule has 0 fully saturated rings. The first kappa shape index (κ1) is 15.0. The summed E-state index contributed by atoms with van der Waals surface area (Å²) < 4.78 is 5.45. The largest absolute Gasteiger partial charge is 0.496 e. The minimum Gasteiger partial charge on any atom is -0.496 e. The van der Waals surface area contributed by atoms with Crippen LogP contribution in [0.25, 0.3) is 0 Å². The highest BCUT2D eigenvalue weighted by Crippen LogP contribution is 2.24. The Morgan fingerprint density at radius 2 is 1.94 bits per heavy atom. The van der Waals surface area contributed by atoms with E-state index < -0.39 is 0 Å². The van der Waals surface area contributed by atoms with Gasteiger partial charge in [-0.1, -0.05) is 19.9 Å². The van der Waals surface area contributed by atoms with Gasteiger partial charge in [0.2, 0.25) is 0 Å². The van der Waals surface area contributed by atoms with Gasteiger partial charge >= 0.3 is 0 Å². The predicted molar refractivity (Wildman–Crippen MR) is 77.0 cm³/mol. The Balaban J connectivity index is 2.73. The van der Waals surface area contributed by atoms with Gasteiger partial charge in [0.1, 0.15) is 5.75 Å². The lowest BCUT2D eigenvalue weighted by atomic mass is 9.93. The Bertz CT molecular complexity index is 400. The van der Waals surface area contributed by atoms with Crippen LogP contribution in [0.4, 0.5) is 0 Å². The zero-order valence-electron chi connectivity index (χ0n) is 12.3. The molecule has 0 radical (unpaired) electrons. The number of hydrogen-bond acceptors (Lipinski definition) is 3. The van der Waals surface area contributed by atoms with Crippen molar-refractivity contribution >= 4 is 0 Å². The highest BCUT2D eigenvalue weighted by molar-refractivity contribution is 5.42. The number of aryl methyl sites for hydroxylation is 2. The van der Waals surface area contributed by atoms with E-state index >= 15 is 0 Å². The third-order valence-electron chi connectivity index (χ3n) is 3.25. The molecule has 3 heteroatoms. The minimum atomic E-state index is 0.131. The van der Waals surface area contributed by atoms with E-state index in [4.69, 9.17) is 10.5 Å². The molecule has 18 heavy (non-hydrogen) atoms. The highest BCUT2D eigenvalue weighted by Gasteiger charge is 2.15. The average molecular weight is 250 g/mol. The normalized spacial score (nSPS) is 11.7. The fraction of sp³-hybridized carbons (Fsp3) is 0.600. The van der Waals surface area contributed by atoms with E-state index in [0.29, 0.717) is 6.54 Å². The number of methoxy groups -OCH3 is 1. The summed E-state index contributed by atoms with van der Waals surface area (Å²) in [4.78, 5) is 0. The second-order valence-corrected chi connectivity index (χ2v) is 5.73. The number of ether oxygens (including phenoxy) is 1. The van der Waals surface area contributed by atoms with Crippen LogP contribution < -0.4 is 15.8 Å². The number of rotatable bonds is 6. The second kappa shape index (κ2) is 6.21. The molecule has 0 heterocycles. The molecule has 0 spiro atoms. The van der Waals surface area contributed by atoms with Gasteiger partial charge in [0.15, 0.2) is 0 Å². The predicted octanol–water partition coefficient (Wildman–Crippen LogP) is 2.39. The third-order valence-corrected chi connectivity index (χ3v) is 3.25. The first-order chi connectivity index (χ1) is 8.39. The Kier molecular flexibility index (Phi) is 5.17. The van der Waals surface area contributed by atoms with E-state index in [9.17, 15) is 0 Å². The molecule has 1 rings (SSSR count). The van der Waals surface area contributed by atoms with Crippen molar-refractivity contribution in [2.24, 2.45) is 11.1 Å². The summed E-state index contributed by atoms with van der Waals surface area (Å²) in [6, 6.07) is 4.27. The Morgan fingerprint density at radius 3 is 2.50 bits per heavy atom. The minimum absolute atomic E-state index is 0.131. The summed E-state index contributed by atoms with van der Waals surface area (Å²) in [5, 5.41) is 3.47. The van der Waals surface area contributed by atoms with Crippen LogP contribution >= 0.6 is 0 Å². The average Bonchev–Trinajstić information content (AvgIpc) is 2.31. The third kappa shape index (κ3) is 4.00. The summed E-state index contributed by atoms with van der Waals surface area (Å²) in [5.41, 5.74) is 9.59. The number of benzene rings is 1. The number of nitrogens with one attached hydrogen (secondary N) is 1. The molecule has 0 aromatic heterocycles. The quantitative estimate of drug-likeness (QED) is 0.815. The van der Waals surface area contributed by atoms with Gasteiger partial charge in [-0.05, 0) is 43.0 Å². The lowest BCUT2D eigenvalue weighted by Crippen LogP contribution is -2.35. The fourth-order valence-electron chi connectivity index (χ4n) is 1.97. The molecule has 0 unspecified atom stereocenters. The van der Waals surface area contributed by atoms with Gasteiger partial charge in [-0.3, -0.25) is 0 Å². The van der Waals surface area contributed by atoms with Gasteiger partial charge in [-0.25, -0.2) is 0 Å². The van der Waals surface area contributed by atoms with Crippen molar-refractivity contribution in [3.8, 4) is 5.75 Å². The van der Waals surface area contributed by atoms with Crippen LogP contribution in [-0.2, 0) is 6.54 Å². The van der Waals surface area contributed by atoms with Gasteiger partial charge in [0, 0.05) is 18.7 Å². The van der Waals surface area contributed by atoms with E-state index in [1.54, 1.807) is 7.11 Å². The Hall–Kier alpha value is -1.06. The van der Waals surface area contributed by atoms with Crippen molar-refractivity contribution in [3.05, 3.63) is 28.8 Å². The van der Waals surface area contributed by atoms with Crippen LogP contribution in [0.2, 0.25) is 0 Å². The smallest absolute Gasteiger partial charge is 0.123 e. The molecule has 0 atom stereocenters. The van der Waals surface area contributed by atoms with Gasteiger partial charge < -0.3 is 15.8 Å². The van der Waals surface area contributed by atoms with E-state index in [1.807, 2.05) is 0 Å². The van der Waals surface area contributed by atoms with Crippen molar-refractivity contribution in [1.82, 2.24) is 5.32 Å². The molecule has 3 nitrogen and oxygen atoms in total. The summed E-state index contributed by atoms with van der Waals surface area (Å²) >= 11 is 0. The molecule has 1 aromatic rings. The molecular formula is C15H26N2O. The van der Waals surface area contributed by atoms with E-state index in [-0.39, 0.29) is 5.41 Å². The SMILES string of the molecule is COc1cc(C)cc(C)c1CNCC(C)(C)CN. The Morgan fingerprint density at radius 1 is 1.28 bits per heavy atom. The maximum atomic E-state index is 5.73. The van der Waals surface area contributed by atoms with Crippen LogP contribution in [0.1, 0.15) is 30.5 Å². The van der Waals surface area contributed by atoms with Crippen molar-refractivity contribution < 1.29 is 4.74 Å². The fourth-order valence-corrected chi connectivity index (χ4v) is 1.97. The zero-order chi connectivity index (χ0) is 13.8. The van der Waals surface area contributed by atoms with Crippen molar-refractivity contribution in [1.29, 1.82) is 0 Å². The lowest BCUT2D eigenvalue weighted by Gasteiger charge is -2.23. The standard InChI is InChI=1S/C15H26N2O/c1-11-6-12(2)13(14(7-11)18-5)8-17-10-15(3,4)9-16/h6-7,17H,8-10,16H2,1-5H3. The molecule has 0 aliphatic rings. The molecule has 3 N–H and O–H groups in total. The molecule has 0 saturated carbocycles. The van der Waals surface area contributed by atoms with Crippen LogP contribution in [0.3, 0.4) is 0 Å². The van der Waals surface area contributed by atoms with Gasteiger partial charge in [-0.15, -0.1) is 0 Å². The van der Waals surface area contributed by atoms with Crippen LogP contribution in [0.5, 0.6) is 5.75 Å². The summed E-state index contributed by atoms with van der Waals surface area (Å²) in [5.74, 6) is 0.963. The summed E-state index contributed by atoms with van der Waals surface area (Å²) in [6.07, 6.45) is 0.